The van der Waals surface area contributed by atoms with Gasteiger partial charge < -0.3 is 9.64 Å². The van der Waals surface area contributed by atoms with Crippen LogP contribution in [-0.2, 0) is 11.2 Å². The molecule has 2 aromatic rings. The molecule has 138 valence electrons. The van der Waals surface area contributed by atoms with Gasteiger partial charge in [0, 0.05) is 26.2 Å². The molecule has 2 aromatic carbocycles. The van der Waals surface area contributed by atoms with Gasteiger partial charge in [-0.15, -0.1) is 0 Å². The molecule has 0 unspecified atom stereocenters. The SMILES string of the molecule is COc1ccc(CCCC(=O)N/N=C/c2ccc(N(C)C)cc2)cc1C. The van der Waals surface area contributed by atoms with Crippen molar-refractivity contribution in [3.05, 3.63) is 59.2 Å². The van der Waals surface area contributed by atoms with Crippen LogP contribution in [0.4, 0.5) is 5.69 Å². The van der Waals surface area contributed by atoms with E-state index in [-0.39, 0.29) is 5.91 Å². The molecule has 0 aromatic heterocycles. The van der Waals surface area contributed by atoms with Gasteiger partial charge in [-0.1, -0.05) is 24.3 Å². The molecule has 0 bridgehead atoms. The second-order valence-corrected chi connectivity index (χ2v) is 6.44. The van der Waals surface area contributed by atoms with Crippen LogP contribution < -0.4 is 15.1 Å². The number of methoxy groups -OCH3 is 1. The minimum Gasteiger partial charge on any atom is -0.496 e. The van der Waals surface area contributed by atoms with E-state index in [1.807, 2.05) is 62.3 Å². The Balaban J connectivity index is 1.74. The number of carbonyl (C=O) groups excluding carboxylic acids is 1. The molecule has 0 heterocycles. The average molecular weight is 353 g/mol. The number of ether oxygens (including phenoxy) is 1. The van der Waals surface area contributed by atoms with Gasteiger partial charge in [-0.2, -0.15) is 5.10 Å². The maximum absolute atomic E-state index is 11.9. The molecule has 0 saturated heterocycles. The number of nitrogens with zero attached hydrogens (tertiary/aromatic N) is 2. The molecule has 5 heteroatoms. The lowest BCUT2D eigenvalue weighted by Crippen LogP contribution is -2.17. The van der Waals surface area contributed by atoms with Crippen LogP contribution in [0.15, 0.2) is 47.6 Å². The van der Waals surface area contributed by atoms with Gasteiger partial charge in [0.1, 0.15) is 5.75 Å². The van der Waals surface area contributed by atoms with Gasteiger partial charge in [0.2, 0.25) is 5.91 Å². The Morgan fingerprint density at radius 3 is 2.54 bits per heavy atom. The number of carbonyl (C=O) groups is 1. The van der Waals surface area contributed by atoms with Crippen molar-refractivity contribution in [2.45, 2.75) is 26.2 Å². The molecular weight excluding hydrogens is 326 g/mol. The average Bonchev–Trinajstić information content (AvgIpc) is 2.62. The highest BCUT2D eigenvalue weighted by molar-refractivity contribution is 5.82. The number of anilines is 1. The lowest BCUT2D eigenvalue weighted by atomic mass is 10.1. The summed E-state index contributed by atoms with van der Waals surface area (Å²) in [5, 5.41) is 4.02. The number of hydrogen-bond acceptors (Lipinski definition) is 4. The standard InChI is InChI=1S/C21H27N3O2/c1-16-14-17(10-13-20(16)26-4)6-5-7-21(25)23-22-15-18-8-11-19(12-9-18)24(2)3/h8-15H,5-7H2,1-4H3,(H,23,25)/b22-15+. The lowest BCUT2D eigenvalue weighted by Gasteiger charge is -2.11. The highest BCUT2D eigenvalue weighted by Crippen LogP contribution is 2.19. The van der Waals surface area contributed by atoms with E-state index in [0.29, 0.717) is 6.42 Å². The third kappa shape index (κ3) is 5.92. The van der Waals surface area contributed by atoms with Gasteiger partial charge in [-0.05, 0) is 54.7 Å². The van der Waals surface area contributed by atoms with E-state index in [9.17, 15) is 4.79 Å². The Morgan fingerprint density at radius 1 is 1.19 bits per heavy atom. The maximum Gasteiger partial charge on any atom is 0.240 e. The van der Waals surface area contributed by atoms with Crippen molar-refractivity contribution >= 4 is 17.8 Å². The van der Waals surface area contributed by atoms with Gasteiger partial charge in [-0.3, -0.25) is 4.79 Å². The minimum absolute atomic E-state index is 0.0728. The predicted molar refractivity (Wildman–Crippen MR) is 107 cm³/mol. The van der Waals surface area contributed by atoms with Crippen molar-refractivity contribution < 1.29 is 9.53 Å². The Morgan fingerprint density at radius 2 is 1.92 bits per heavy atom. The molecule has 0 aliphatic rings. The monoisotopic (exact) mass is 353 g/mol. The molecule has 5 nitrogen and oxygen atoms in total. The first-order valence-electron chi connectivity index (χ1n) is 8.72. The second kappa shape index (κ2) is 9.61. The number of rotatable bonds is 8. The molecule has 2 rings (SSSR count). The summed E-state index contributed by atoms with van der Waals surface area (Å²) in [5.74, 6) is 0.816. The summed E-state index contributed by atoms with van der Waals surface area (Å²) in [5.41, 5.74) is 6.98. The molecule has 0 saturated carbocycles. The predicted octanol–water partition coefficient (Wildman–Crippen LogP) is 3.54. The third-order valence-corrected chi connectivity index (χ3v) is 4.14. The zero-order chi connectivity index (χ0) is 18.9. The van der Waals surface area contributed by atoms with Crippen molar-refractivity contribution in [2.75, 3.05) is 26.1 Å². The number of hydrogen-bond donors (Lipinski definition) is 1. The smallest absolute Gasteiger partial charge is 0.240 e. The van der Waals surface area contributed by atoms with Gasteiger partial charge in [0.05, 0.1) is 13.3 Å². The van der Waals surface area contributed by atoms with Crippen LogP contribution in [0.3, 0.4) is 0 Å². The molecule has 0 atom stereocenters. The van der Waals surface area contributed by atoms with Crippen LogP contribution in [-0.4, -0.2) is 33.3 Å². The Hall–Kier alpha value is -2.82. The molecule has 0 radical (unpaired) electrons. The molecule has 0 aliphatic heterocycles. The normalized spacial score (nSPS) is 10.8. The van der Waals surface area contributed by atoms with Gasteiger partial charge in [-0.25, -0.2) is 5.43 Å². The Kier molecular flexibility index (Phi) is 7.21. The second-order valence-electron chi connectivity index (χ2n) is 6.44. The van der Waals surface area contributed by atoms with Crippen molar-refractivity contribution in [1.29, 1.82) is 0 Å². The van der Waals surface area contributed by atoms with E-state index in [0.717, 1.165) is 35.4 Å². The fourth-order valence-electron chi connectivity index (χ4n) is 2.64. The molecule has 0 aliphatic carbocycles. The largest absolute Gasteiger partial charge is 0.496 e. The van der Waals surface area contributed by atoms with Crippen LogP contribution >= 0.6 is 0 Å². The van der Waals surface area contributed by atoms with Crippen LogP contribution in [0.1, 0.15) is 29.5 Å². The number of benzene rings is 2. The van der Waals surface area contributed by atoms with E-state index in [1.165, 1.54) is 5.56 Å². The fourth-order valence-corrected chi connectivity index (χ4v) is 2.64. The molecule has 0 fully saturated rings. The highest BCUT2D eigenvalue weighted by atomic mass is 16.5. The van der Waals surface area contributed by atoms with Gasteiger partial charge in [0.15, 0.2) is 0 Å². The Labute approximate surface area is 155 Å². The number of amides is 1. The Bertz CT molecular complexity index is 752. The lowest BCUT2D eigenvalue weighted by molar-refractivity contribution is -0.121. The van der Waals surface area contributed by atoms with Gasteiger partial charge in [0.25, 0.3) is 0 Å². The fraction of sp³-hybridized carbons (Fsp3) is 0.333. The van der Waals surface area contributed by atoms with E-state index in [2.05, 4.69) is 16.6 Å². The summed E-state index contributed by atoms with van der Waals surface area (Å²) < 4.78 is 5.26. The molecule has 1 amide bonds. The van der Waals surface area contributed by atoms with E-state index < -0.39 is 0 Å². The summed E-state index contributed by atoms with van der Waals surface area (Å²) in [6, 6.07) is 14.1. The van der Waals surface area contributed by atoms with Crippen molar-refractivity contribution in [3.8, 4) is 5.75 Å². The maximum atomic E-state index is 11.9. The summed E-state index contributed by atoms with van der Waals surface area (Å²) >= 11 is 0. The first kappa shape index (κ1) is 19.5. The van der Waals surface area contributed by atoms with Crippen LogP contribution in [0.25, 0.3) is 0 Å². The summed E-state index contributed by atoms with van der Waals surface area (Å²) in [6.45, 7) is 2.02. The third-order valence-electron chi connectivity index (χ3n) is 4.14. The van der Waals surface area contributed by atoms with Gasteiger partial charge >= 0.3 is 0 Å². The van der Waals surface area contributed by atoms with Crippen molar-refractivity contribution in [3.63, 3.8) is 0 Å². The summed E-state index contributed by atoms with van der Waals surface area (Å²) in [4.78, 5) is 13.9. The summed E-state index contributed by atoms with van der Waals surface area (Å²) in [7, 11) is 5.66. The number of nitrogens with one attached hydrogen (secondary N) is 1. The summed E-state index contributed by atoms with van der Waals surface area (Å²) in [6.07, 6.45) is 3.74. The van der Waals surface area contributed by atoms with Crippen LogP contribution in [0.2, 0.25) is 0 Å². The molecule has 1 N–H and O–H groups in total. The van der Waals surface area contributed by atoms with E-state index in [4.69, 9.17) is 4.74 Å². The highest BCUT2D eigenvalue weighted by Gasteiger charge is 2.03. The number of hydrazone groups is 1. The van der Waals surface area contributed by atoms with E-state index in [1.54, 1.807) is 13.3 Å². The quantitative estimate of drug-likeness (QED) is 0.583. The number of aryl methyl sites for hydroxylation is 2. The zero-order valence-corrected chi connectivity index (χ0v) is 16.0. The molecular formula is C21H27N3O2. The topological polar surface area (TPSA) is 53.9 Å². The van der Waals surface area contributed by atoms with Crippen LogP contribution in [0.5, 0.6) is 5.75 Å². The first-order chi connectivity index (χ1) is 12.5. The minimum atomic E-state index is -0.0728. The zero-order valence-electron chi connectivity index (χ0n) is 16.0. The molecule has 0 spiro atoms. The van der Waals surface area contributed by atoms with E-state index >= 15 is 0 Å². The van der Waals surface area contributed by atoms with Crippen molar-refractivity contribution in [2.24, 2.45) is 5.10 Å². The van der Waals surface area contributed by atoms with Crippen LogP contribution in [0, 0.1) is 6.92 Å². The van der Waals surface area contributed by atoms with Crippen molar-refractivity contribution in [1.82, 2.24) is 5.43 Å². The first-order valence-corrected chi connectivity index (χ1v) is 8.72. The molecule has 26 heavy (non-hydrogen) atoms.